The van der Waals surface area contributed by atoms with Crippen LogP contribution in [-0.4, -0.2) is 43.9 Å². The average Bonchev–Trinajstić information content (AvgIpc) is 3.40. The zero-order chi connectivity index (χ0) is 22.7. The second-order valence-electron chi connectivity index (χ2n) is 7.11. The van der Waals surface area contributed by atoms with Crippen molar-refractivity contribution >= 4 is 34.4 Å². The lowest BCUT2D eigenvalue weighted by molar-refractivity contribution is -0.139. The molecule has 0 aliphatic rings. The lowest BCUT2D eigenvalue weighted by Crippen LogP contribution is -2.15. The number of hydrogen-bond donors (Lipinski definition) is 1. The van der Waals surface area contributed by atoms with Crippen LogP contribution < -0.4 is 0 Å². The Balaban J connectivity index is 1.35. The van der Waals surface area contributed by atoms with Crippen molar-refractivity contribution in [3.05, 3.63) is 65.6 Å². The van der Waals surface area contributed by atoms with E-state index in [9.17, 15) is 14.0 Å². The number of hydrogen-bond acceptors (Lipinski definition) is 6. The smallest absolute Gasteiger partial charge is 0.316 e. The molecule has 0 atom stereocenters. The summed E-state index contributed by atoms with van der Waals surface area (Å²) < 4.78 is 20.8. The fourth-order valence-electron chi connectivity index (χ4n) is 3.45. The van der Waals surface area contributed by atoms with Crippen LogP contribution in [0.25, 0.3) is 22.3 Å². The maximum atomic E-state index is 14.0. The molecule has 0 saturated heterocycles. The number of aromatic amines is 1. The van der Waals surface area contributed by atoms with E-state index in [2.05, 4.69) is 15.2 Å². The summed E-state index contributed by atoms with van der Waals surface area (Å²) >= 11 is 1.11. The number of carbonyl (C=O) groups is 2. The van der Waals surface area contributed by atoms with Gasteiger partial charge in [-0.3, -0.25) is 9.59 Å². The SMILES string of the molecule is CCc1cccc2c(C(=O)COC(=O)CSc3nnc(-c4ccccc4F)n3C)c[nH]c12. The van der Waals surface area contributed by atoms with Crippen LogP contribution in [0.3, 0.4) is 0 Å². The molecule has 0 fully saturated rings. The molecule has 0 aliphatic heterocycles. The van der Waals surface area contributed by atoms with Crippen molar-refractivity contribution in [2.45, 2.75) is 18.5 Å². The van der Waals surface area contributed by atoms with Crippen LogP contribution in [0.1, 0.15) is 22.8 Å². The number of carbonyl (C=O) groups excluding carboxylic acids is 2. The third-order valence-electron chi connectivity index (χ3n) is 5.12. The molecule has 9 heteroatoms. The normalized spacial score (nSPS) is 11.1. The molecule has 0 spiro atoms. The van der Waals surface area contributed by atoms with Crippen molar-refractivity contribution in [1.29, 1.82) is 0 Å². The molecular formula is C23H21FN4O3S. The van der Waals surface area contributed by atoms with E-state index in [1.807, 2.05) is 25.1 Å². The van der Waals surface area contributed by atoms with E-state index in [-0.39, 0.29) is 18.1 Å². The van der Waals surface area contributed by atoms with Gasteiger partial charge in [0.05, 0.1) is 11.3 Å². The predicted octanol–water partition coefficient (Wildman–Crippen LogP) is 4.18. The van der Waals surface area contributed by atoms with Crippen molar-refractivity contribution < 1.29 is 18.7 Å². The third-order valence-corrected chi connectivity index (χ3v) is 6.11. The van der Waals surface area contributed by atoms with E-state index in [0.717, 1.165) is 34.6 Å². The number of Topliss-reactive ketones (excluding diaryl/α,β-unsaturated/α-hetero) is 1. The Kier molecular flexibility index (Phi) is 6.36. The predicted molar refractivity (Wildman–Crippen MR) is 120 cm³/mol. The number of thioether (sulfide) groups is 1. The standard InChI is InChI=1S/C23H21FN4O3S/c1-3-14-7-6-9-15-17(11-25-21(14)15)19(29)12-31-20(30)13-32-23-27-26-22(28(23)2)16-8-4-5-10-18(16)24/h4-11,25H,3,12-13H2,1-2H3. The Labute approximate surface area is 188 Å². The maximum Gasteiger partial charge on any atom is 0.316 e. The van der Waals surface area contributed by atoms with Crippen LogP contribution >= 0.6 is 11.8 Å². The van der Waals surface area contributed by atoms with Gasteiger partial charge in [0, 0.05) is 29.7 Å². The Morgan fingerprint density at radius 3 is 2.75 bits per heavy atom. The molecule has 2 aromatic carbocycles. The zero-order valence-electron chi connectivity index (χ0n) is 17.6. The third kappa shape index (κ3) is 4.29. The van der Waals surface area contributed by atoms with Gasteiger partial charge in [-0.2, -0.15) is 0 Å². The Bertz CT molecular complexity index is 1300. The number of aromatic nitrogens is 4. The highest BCUT2D eigenvalue weighted by molar-refractivity contribution is 7.99. The molecule has 1 N–H and O–H groups in total. The van der Waals surface area contributed by atoms with Gasteiger partial charge < -0.3 is 14.3 Å². The van der Waals surface area contributed by atoms with Crippen LogP contribution in [0.5, 0.6) is 0 Å². The van der Waals surface area contributed by atoms with E-state index in [0.29, 0.717) is 22.1 Å². The first kappa shape index (κ1) is 21.8. The first-order chi connectivity index (χ1) is 15.5. The summed E-state index contributed by atoms with van der Waals surface area (Å²) in [5.41, 5.74) is 2.87. The first-order valence-electron chi connectivity index (χ1n) is 10.0. The molecule has 0 bridgehead atoms. The van der Waals surface area contributed by atoms with Crippen LogP contribution in [0.2, 0.25) is 0 Å². The lowest BCUT2D eigenvalue weighted by atomic mass is 10.1. The second kappa shape index (κ2) is 9.35. The molecule has 4 aromatic rings. The van der Waals surface area contributed by atoms with Crippen molar-refractivity contribution in [2.24, 2.45) is 7.05 Å². The number of esters is 1. The molecule has 0 radical (unpaired) electrons. The van der Waals surface area contributed by atoms with Gasteiger partial charge in [-0.15, -0.1) is 10.2 Å². The number of ketones is 1. The minimum absolute atomic E-state index is 0.0512. The number of rotatable bonds is 8. The van der Waals surface area contributed by atoms with Gasteiger partial charge in [-0.25, -0.2) is 4.39 Å². The highest BCUT2D eigenvalue weighted by Crippen LogP contribution is 2.25. The lowest BCUT2D eigenvalue weighted by Gasteiger charge is -2.06. The minimum atomic E-state index is -0.548. The van der Waals surface area contributed by atoms with E-state index < -0.39 is 11.8 Å². The number of nitrogens with zero attached hydrogens (tertiary/aromatic N) is 3. The molecular weight excluding hydrogens is 431 g/mol. The minimum Gasteiger partial charge on any atom is -0.457 e. The van der Waals surface area contributed by atoms with Crippen LogP contribution in [0.15, 0.2) is 53.8 Å². The molecule has 0 aliphatic carbocycles. The zero-order valence-corrected chi connectivity index (χ0v) is 18.4. The number of halogens is 1. The van der Waals surface area contributed by atoms with E-state index >= 15 is 0 Å². The number of ether oxygens (including phenoxy) is 1. The van der Waals surface area contributed by atoms with Crippen molar-refractivity contribution in [3.63, 3.8) is 0 Å². The van der Waals surface area contributed by atoms with Gasteiger partial charge in [0.25, 0.3) is 0 Å². The molecule has 0 amide bonds. The van der Waals surface area contributed by atoms with Crippen LogP contribution in [0.4, 0.5) is 4.39 Å². The Hall–Kier alpha value is -3.46. The largest absolute Gasteiger partial charge is 0.457 e. The monoisotopic (exact) mass is 452 g/mol. The van der Waals surface area contributed by atoms with E-state index in [1.54, 1.807) is 36.0 Å². The summed E-state index contributed by atoms with van der Waals surface area (Å²) in [5, 5.41) is 9.30. The highest BCUT2D eigenvalue weighted by atomic mass is 32.2. The molecule has 7 nitrogen and oxygen atoms in total. The van der Waals surface area contributed by atoms with Crippen molar-refractivity contribution in [3.8, 4) is 11.4 Å². The van der Waals surface area contributed by atoms with E-state index in [1.165, 1.54) is 6.07 Å². The molecule has 0 saturated carbocycles. The summed E-state index contributed by atoms with van der Waals surface area (Å²) in [7, 11) is 1.69. The van der Waals surface area contributed by atoms with Gasteiger partial charge in [0.2, 0.25) is 5.78 Å². The number of fused-ring (bicyclic) bond motifs is 1. The number of H-pyrrole nitrogens is 1. The fourth-order valence-corrected chi connectivity index (χ4v) is 4.16. The maximum absolute atomic E-state index is 14.0. The molecule has 2 heterocycles. The quantitative estimate of drug-likeness (QED) is 0.245. The topological polar surface area (TPSA) is 89.9 Å². The number of nitrogens with one attached hydrogen (secondary N) is 1. The van der Waals surface area contributed by atoms with E-state index in [4.69, 9.17) is 4.74 Å². The number of aryl methyl sites for hydroxylation is 1. The first-order valence-corrected chi connectivity index (χ1v) is 11.0. The van der Waals surface area contributed by atoms with Crippen LogP contribution in [0, 0.1) is 5.82 Å². The van der Waals surface area contributed by atoms with Gasteiger partial charge in [0.15, 0.2) is 17.6 Å². The average molecular weight is 453 g/mol. The molecule has 0 unspecified atom stereocenters. The van der Waals surface area contributed by atoms with Crippen molar-refractivity contribution in [1.82, 2.24) is 19.7 Å². The molecule has 32 heavy (non-hydrogen) atoms. The number of para-hydroxylation sites is 1. The fraction of sp³-hybridized carbons (Fsp3) is 0.217. The van der Waals surface area contributed by atoms with Gasteiger partial charge in [0.1, 0.15) is 5.82 Å². The Morgan fingerprint density at radius 2 is 1.97 bits per heavy atom. The molecule has 4 rings (SSSR count). The van der Waals surface area contributed by atoms with Crippen LogP contribution in [-0.2, 0) is 23.0 Å². The summed E-state index contributed by atoms with van der Waals surface area (Å²) in [4.78, 5) is 27.9. The number of benzene rings is 2. The van der Waals surface area contributed by atoms with Crippen molar-refractivity contribution in [2.75, 3.05) is 12.4 Å². The molecule has 164 valence electrons. The summed E-state index contributed by atoms with van der Waals surface area (Å²) in [6, 6.07) is 12.1. The highest BCUT2D eigenvalue weighted by Gasteiger charge is 2.18. The Morgan fingerprint density at radius 1 is 1.16 bits per heavy atom. The summed E-state index contributed by atoms with van der Waals surface area (Å²) in [6.07, 6.45) is 2.50. The molecule has 2 aromatic heterocycles. The van der Waals surface area contributed by atoms with Gasteiger partial charge in [-0.05, 0) is 24.1 Å². The summed E-state index contributed by atoms with van der Waals surface area (Å²) in [6.45, 7) is 1.70. The second-order valence-corrected chi connectivity index (χ2v) is 8.06. The van der Waals surface area contributed by atoms with Gasteiger partial charge >= 0.3 is 5.97 Å². The summed E-state index contributed by atoms with van der Waals surface area (Å²) in [5.74, 6) is -0.915. The van der Waals surface area contributed by atoms with Gasteiger partial charge in [-0.1, -0.05) is 49.0 Å².